The molecule has 1 atom stereocenters. The van der Waals surface area contributed by atoms with Gasteiger partial charge in [-0.3, -0.25) is 10.1 Å². The number of nitro benzene ring substituents is 1. The molecule has 2 rings (SSSR count). The summed E-state index contributed by atoms with van der Waals surface area (Å²) in [4.78, 5) is 9.88. The summed E-state index contributed by atoms with van der Waals surface area (Å²) in [6, 6.07) is 1.49. The maximum Gasteiger partial charge on any atom is 0.327 e. The van der Waals surface area contributed by atoms with E-state index in [0.29, 0.717) is 6.07 Å². The van der Waals surface area contributed by atoms with Gasteiger partial charge in [0.25, 0.3) is 0 Å². The van der Waals surface area contributed by atoms with Gasteiger partial charge >= 0.3 is 5.69 Å². The third-order valence-electron chi connectivity index (χ3n) is 3.05. The zero-order valence-electron chi connectivity index (χ0n) is 9.46. The van der Waals surface area contributed by atoms with Crippen molar-refractivity contribution in [1.29, 1.82) is 0 Å². The fourth-order valence-electron chi connectivity index (χ4n) is 1.76. The molecule has 0 saturated heterocycles. The van der Waals surface area contributed by atoms with E-state index in [2.05, 4.69) is 5.32 Å². The number of nitrogens with one attached hydrogen (secondary N) is 1. The Balaban J connectivity index is 2.35. The third-order valence-corrected chi connectivity index (χ3v) is 3.05. The lowest BCUT2D eigenvalue weighted by atomic mass is 10.2. The van der Waals surface area contributed by atoms with Crippen LogP contribution in [0.15, 0.2) is 12.1 Å². The number of nitrogens with zero attached hydrogens (tertiary/aromatic N) is 1. The number of hydrogen-bond acceptors (Lipinski definition) is 3. The van der Waals surface area contributed by atoms with Crippen molar-refractivity contribution in [2.45, 2.75) is 26.3 Å². The Labute approximate surface area is 96.8 Å². The minimum atomic E-state index is -1.16. The zero-order valence-corrected chi connectivity index (χ0v) is 9.46. The van der Waals surface area contributed by atoms with E-state index < -0.39 is 22.2 Å². The van der Waals surface area contributed by atoms with E-state index >= 15 is 0 Å². The Kier molecular flexibility index (Phi) is 2.52. The van der Waals surface area contributed by atoms with E-state index in [1.165, 1.54) is 0 Å². The number of anilines is 1. The molecule has 1 aliphatic rings. The molecule has 1 fully saturated rings. The quantitative estimate of drug-likeness (QED) is 0.654. The molecule has 1 saturated carbocycles. The van der Waals surface area contributed by atoms with Crippen molar-refractivity contribution >= 4 is 11.4 Å². The van der Waals surface area contributed by atoms with Crippen LogP contribution in [0.3, 0.4) is 0 Å². The topological polar surface area (TPSA) is 55.2 Å². The molecule has 1 unspecified atom stereocenters. The van der Waals surface area contributed by atoms with E-state index in [9.17, 15) is 18.9 Å². The summed E-state index contributed by atoms with van der Waals surface area (Å²) in [5.41, 5.74) is -0.784. The predicted molar refractivity (Wildman–Crippen MR) is 58.8 cm³/mol. The molecule has 6 heteroatoms. The molecular weight excluding hydrogens is 230 g/mol. The Morgan fingerprint density at radius 1 is 1.47 bits per heavy atom. The number of nitro groups is 1. The molecule has 0 aromatic heterocycles. The standard InChI is InChI=1S/C11H12F2N2O2/c1-11(2)5-9(11)14-8-4-6(12)3-7(13)10(8)15(16)17/h3-4,9,14H,5H2,1-2H3. The SMILES string of the molecule is CC1(C)CC1Nc1cc(F)cc(F)c1[N+](=O)[O-]. The van der Waals surface area contributed by atoms with E-state index in [1.807, 2.05) is 13.8 Å². The van der Waals surface area contributed by atoms with E-state index in [-0.39, 0.29) is 17.1 Å². The molecule has 4 nitrogen and oxygen atoms in total. The van der Waals surface area contributed by atoms with Gasteiger partial charge in [0.1, 0.15) is 11.5 Å². The molecule has 0 aliphatic heterocycles. The maximum absolute atomic E-state index is 13.3. The van der Waals surface area contributed by atoms with Gasteiger partial charge in [0.2, 0.25) is 5.82 Å². The first-order chi connectivity index (χ1) is 7.81. The van der Waals surface area contributed by atoms with Gasteiger partial charge in [-0.25, -0.2) is 4.39 Å². The minimum absolute atomic E-state index is 0.0106. The van der Waals surface area contributed by atoms with Crippen LogP contribution in [0, 0.1) is 27.2 Å². The van der Waals surface area contributed by atoms with Gasteiger partial charge in [-0.05, 0) is 11.8 Å². The van der Waals surface area contributed by atoms with Crippen molar-refractivity contribution in [3.05, 3.63) is 33.9 Å². The second-order valence-electron chi connectivity index (χ2n) is 4.93. The monoisotopic (exact) mass is 242 g/mol. The number of rotatable bonds is 3. The van der Waals surface area contributed by atoms with Crippen LogP contribution in [0.1, 0.15) is 20.3 Å². The van der Waals surface area contributed by atoms with E-state index in [0.717, 1.165) is 12.5 Å². The minimum Gasteiger partial charge on any atom is -0.376 e. The molecule has 1 aromatic rings. The maximum atomic E-state index is 13.3. The zero-order chi connectivity index (χ0) is 12.8. The lowest BCUT2D eigenvalue weighted by Gasteiger charge is -2.09. The van der Waals surface area contributed by atoms with E-state index in [4.69, 9.17) is 0 Å². The average molecular weight is 242 g/mol. The van der Waals surface area contributed by atoms with Crippen molar-refractivity contribution in [2.75, 3.05) is 5.32 Å². The molecule has 92 valence electrons. The molecule has 1 aliphatic carbocycles. The molecule has 0 bridgehead atoms. The van der Waals surface area contributed by atoms with E-state index in [1.54, 1.807) is 0 Å². The summed E-state index contributed by atoms with van der Waals surface area (Å²) in [5, 5.41) is 13.5. The summed E-state index contributed by atoms with van der Waals surface area (Å²) in [5.74, 6) is -1.98. The molecule has 1 aromatic carbocycles. The smallest absolute Gasteiger partial charge is 0.327 e. The first kappa shape index (κ1) is 11.8. The van der Waals surface area contributed by atoms with Gasteiger partial charge in [0.15, 0.2) is 0 Å². The Hall–Kier alpha value is -1.72. The summed E-state index contributed by atoms with van der Waals surface area (Å²) in [6.45, 7) is 3.96. The Bertz CT molecular complexity index is 489. The molecule has 1 N–H and O–H groups in total. The summed E-state index contributed by atoms with van der Waals surface area (Å²) >= 11 is 0. The van der Waals surface area contributed by atoms with Crippen LogP contribution in [-0.4, -0.2) is 11.0 Å². The summed E-state index contributed by atoms with van der Waals surface area (Å²) in [6.07, 6.45) is 0.822. The second kappa shape index (κ2) is 3.65. The van der Waals surface area contributed by atoms with Crippen LogP contribution < -0.4 is 5.32 Å². The highest BCUT2D eigenvalue weighted by Gasteiger charge is 2.46. The van der Waals surface area contributed by atoms with Crippen molar-refractivity contribution in [2.24, 2.45) is 5.41 Å². The predicted octanol–water partition coefficient (Wildman–Crippen LogP) is 3.08. The lowest BCUT2D eigenvalue weighted by Crippen LogP contribution is -2.11. The van der Waals surface area contributed by atoms with Crippen LogP contribution in [0.25, 0.3) is 0 Å². The molecular formula is C11H12F2N2O2. The molecule has 17 heavy (non-hydrogen) atoms. The highest BCUT2D eigenvalue weighted by molar-refractivity contribution is 5.63. The van der Waals surface area contributed by atoms with Gasteiger partial charge < -0.3 is 5.32 Å². The largest absolute Gasteiger partial charge is 0.376 e. The first-order valence-electron chi connectivity index (χ1n) is 5.21. The molecule has 0 amide bonds. The van der Waals surface area contributed by atoms with Crippen molar-refractivity contribution in [3.8, 4) is 0 Å². The Morgan fingerprint density at radius 2 is 2.06 bits per heavy atom. The van der Waals surface area contributed by atoms with Crippen LogP contribution in [0.5, 0.6) is 0 Å². The van der Waals surface area contributed by atoms with Crippen LogP contribution in [0.4, 0.5) is 20.2 Å². The second-order valence-corrected chi connectivity index (χ2v) is 4.93. The number of halogens is 2. The van der Waals surface area contributed by atoms with Crippen LogP contribution in [0.2, 0.25) is 0 Å². The van der Waals surface area contributed by atoms with Crippen molar-refractivity contribution in [3.63, 3.8) is 0 Å². The summed E-state index contributed by atoms with van der Waals surface area (Å²) in [7, 11) is 0. The third kappa shape index (κ3) is 2.20. The fraction of sp³-hybridized carbons (Fsp3) is 0.455. The molecule has 0 heterocycles. The average Bonchev–Trinajstić information content (AvgIpc) is 2.70. The summed E-state index contributed by atoms with van der Waals surface area (Å²) < 4.78 is 26.3. The van der Waals surface area contributed by atoms with Gasteiger partial charge in [-0.15, -0.1) is 0 Å². The lowest BCUT2D eigenvalue weighted by molar-refractivity contribution is -0.386. The van der Waals surface area contributed by atoms with Crippen molar-refractivity contribution in [1.82, 2.24) is 0 Å². The van der Waals surface area contributed by atoms with Gasteiger partial charge in [0, 0.05) is 18.2 Å². The Morgan fingerprint density at radius 3 is 2.53 bits per heavy atom. The van der Waals surface area contributed by atoms with Crippen molar-refractivity contribution < 1.29 is 13.7 Å². The van der Waals surface area contributed by atoms with Crippen LogP contribution >= 0.6 is 0 Å². The normalized spacial score (nSPS) is 21.1. The molecule has 0 spiro atoms. The number of hydrogen-bond donors (Lipinski definition) is 1. The highest BCUT2D eigenvalue weighted by Crippen LogP contribution is 2.47. The fourth-order valence-corrected chi connectivity index (χ4v) is 1.76. The number of benzene rings is 1. The van der Waals surface area contributed by atoms with Gasteiger partial charge in [-0.1, -0.05) is 13.8 Å². The van der Waals surface area contributed by atoms with Crippen LogP contribution in [-0.2, 0) is 0 Å². The highest BCUT2D eigenvalue weighted by atomic mass is 19.1. The molecule has 0 radical (unpaired) electrons. The first-order valence-corrected chi connectivity index (χ1v) is 5.21. The van der Waals surface area contributed by atoms with Gasteiger partial charge in [0.05, 0.1) is 4.92 Å². The van der Waals surface area contributed by atoms with Gasteiger partial charge in [-0.2, -0.15) is 4.39 Å².